The molecule has 0 bridgehead atoms. The maximum Gasteiger partial charge on any atom is 0.165 e. The number of nitrogens with one attached hydrogen (secondary N) is 1. The molecule has 0 amide bonds. The van der Waals surface area contributed by atoms with E-state index in [1.807, 2.05) is 0 Å². The van der Waals surface area contributed by atoms with Gasteiger partial charge < -0.3 is 10.4 Å². The molecule has 0 saturated carbocycles. The number of hydrogen-bond donors (Lipinski definition) is 2. The summed E-state index contributed by atoms with van der Waals surface area (Å²) in [5, 5.41) is 12.4. The van der Waals surface area contributed by atoms with Gasteiger partial charge in [-0.15, -0.1) is 0 Å². The molecule has 0 spiro atoms. The van der Waals surface area contributed by atoms with Crippen molar-refractivity contribution in [3.63, 3.8) is 0 Å². The van der Waals surface area contributed by atoms with Crippen molar-refractivity contribution in [3.8, 4) is 5.75 Å². The average molecular weight is 167 g/mol. The van der Waals surface area contributed by atoms with E-state index in [0.29, 0.717) is 5.56 Å². The molecule has 1 aliphatic rings. The molecule has 1 aromatic rings. The van der Waals surface area contributed by atoms with Crippen molar-refractivity contribution in [3.05, 3.63) is 29.6 Å². The molecule has 1 unspecified atom stereocenters. The maximum absolute atomic E-state index is 12.8. The van der Waals surface area contributed by atoms with Crippen molar-refractivity contribution in [2.45, 2.75) is 12.5 Å². The molecular weight excluding hydrogens is 157 g/mol. The minimum absolute atomic E-state index is 0.140. The van der Waals surface area contributed by atoms with E-state index in [2.05, 4.69) is 5.32 Å². The molecular formula is C9H10FNO. The summed E-state index contributed by atoms with van der Waals surface area (Å²) in [6.07, 6.45) is 0.969. The molecule has 64 valence electrons. The van der Waals surface area contributed by atoms with E-state index < -0.39 is 5.82 Å². The van der Waals surface area contributed by atoms with E-state index in [9.17, 15) is 9.50 Å². The van der Waals surface area contributed by atoms with E-state index in [0.717, 1.165) is 13.0 Å². The number of aromatic hydroxyl groups is 1. The van der Waals surface area contributed by atoms with Gasteiger partial charge in [0.15, 0.2) is 11.6 Å². The Labute approximate surface area is 70.0 Å². The third kappa shape index (κ3) is 1.06. The molecule has 2 N–H and O–H groups in total. The normalized spacial score (nSPS) is 21.9. The van der Waals surface area contributed by atoms with Gasteiger partial charge in [-0.1, -0.05) is 12.1 Å². The number of rotatable bonds is 1. The average Bonchev–Trinajstić information content (AvgIpc) is 1.95. The third-order valence-corrected chi connectivity index (χ3v) is 2.22. The first kappa shape index (κ1) is 7.55. The lowest BCUT2D eigenvalue weighted by Crippen LogP contribution is -2.34. The molecule has 1 heterocycles. The summed E-state index contributed by atoms with van der Waals surface area (Å²) >= 11 is 0. The Kier molecular flexibility index (Phi) is 1.73. The monoisotopic (exact) mass is 167 g/mol. The maximum atomic E-state index is 12.8. The Morgan fingerprint density at radius 2 is 2.25 bits per heavy atom. The summed E-state index contributed by atoms with van der Waals surface area (Å²) in [7, 11) is 0. The van der Waals surface area contributed by atoms with Crippen molar-refractivity contribution in [2.24, 2.45) is 0 Å². The summed E-state index contributed by atoms with van der Waals surface area (Å²) in [5.41, 5.74) is 0.668. The smallest absolute Gasteiger partial charge is 0.165 e. The van der Waals surface area contributed by atoms with Crippen LogP contribution in [0, 0.1) is 5.82 Å². The third-order valence-electron chi connectivity index (χ3n) is 2.22. The fourth-order valence-corrected chi connectivity index (χ4v) is 1.37. The van der Waals surface area contributed by atoms with Gasteiger partial charge in [-0.25, -0.2) is 4.39 Å². The highest BCUT2D eigenvalue weighted by atomic mass is 19.1. The van der Waals surface area contributed by atoms with Crippen molar-refractivity contribution < 1.29 is 9.50 Å². The summed E-state index contributed by atoms with van der Waals surface area (Å²) in [6.45, 7) is 0.945. The molecule has 2 rings (SSSR count). The molecule has 3 heteroatoms. The molecule has 1 saturated heterocycles. The Morgan fingerprint density at radius 3 is 2.83 bits per heavy atom. The Balaban J connectivity index is 2.36. The Hall–Kier alpha value is -1.09. The number of para-hydroxylation sites is 1. The summed E-state index contributed by atoms with van der Waals surface area (Å²) in [6, 6.07) is 4.76. The standard InChI is InChI=1S/C9H10FNO/c10-7-3-1-2-6(9(7)12)8-4-5-11-8/h1-3,8,11-12H,4-5H2. The summed E-state index contributed by atoms with van der Waals surface area (Å²) in [5.74, 6) is -0.754. The topological polar surface area (TPSA) is 32.3 Å². The second-order valence-corrected chi connectivity index (χ2v) is 2.97. The predicted octanol–water partition coefficient (Wildman–Crippen LogP) is 1.57. The van der Waals surface area contributed by atoms with Crippen LogP contribution in [0.1, 0.15) is 18.0 Å². The van der Waals surface area contributed by atoms with Crippen molar-refractivity contribution in [2.75, 3.05) is 6.54 Å². The van der Waals surface area contributed by atoms with Crippen LogP contribution in [0.2, 0.25) is 0 Å². The molecule has 0 radical (unpaired) electrons. The van der Waals surface area contributed by atoms with Crippen LogP contribution in [0.3, 0.4) is 0 Å². The quantitative estimate of drug-likeness (QED) is 0.665. The number of phenols is 1. The van der Waals surface area contributed by atoms with Gasteiger partial charge in [0.25, 0.3) is 0 Å². The lowest BCUT2D eigenvalue weighted by molar-refractivity contribution is 0.355. The second-order valence-electron chi connectivity index (χ2n) is 2.97. The van der Waals surface area contributed by atoms with E-state index in [1.165, 1.54) is 6.07 Å². The first-order valence-corrected chi connectivity index (χ1v) is 4.00. The number of phenolic OH excluding ortho intramolecular Hbond substituents is 1. The van der Waals surface area contributed by atoms with Gasteiger partial charge in [0.1, 0.15) is 0 Å². The fourth-order valence-electron chi connectivity index (χ4n) is 1.37. The van der Waals surface area contributed by atoms with Crippen LogP contribution in [0.5, 0.6) is 5.75 Å². The second kappa shape index (κ2) is 2.75. The van der Waals surface area contributed by atoms with Crippen LogP contribution in [0.15, 0.2) is 18.2 Å². The zero-order valence-electron chi connectivity index (χ0n) is 6.55. The molecule has 2 nitrogen and oxygen atoms in total. The number of hydrogen-bond acceptors (Lipinski definition) is 2. The highest BCUT2D eigenvalue weighted by Crippen LogP contribution is 2.31. The molecule has 12 heavy (non-hydrogen) atoms. The summed E-state index contributed by atoms with van der Waals surface area (Å²) in [4.78, 5) is 0. The van der Waals surface area contributed by atoms with Crippen LogP contribution < -0.4 is 5.32 Å². The van der Waals surface area contributed by atoms with Gasteiger partial charge in [0, 0.05) is 11.6 Å². The van der Waals surface area contributed by atoms with Crippen LogP contribution in [-0.4, -0.2) is 11.7 Å². The lowest BCUT2D eigenvalue weighted by Gasteiger charge is -2.28. The molecule has 0 aromatic heterocycles. The fraction of sp³-hybridized carbons (Fsp3) is 0.333. The van der Waals surface area contributed by atoms with Crippen LogP contribution in [-0.2, 0) is 0 Å². The van der Waals surface area contributed by atoms with Gasteiger partial charge in [-0.2, -0.15) is 0 Å². The lowest BCUT2D eigenvalue weighted by atomic mass is 9.97. The van der Waals surface area contributed by atoms with Crippen molar-refractivity contribution in [1.29, 1.82) is 0 Å². The first-order valence-electron chi connectivity index (χ1n) is 4.00. The van der Waals surface area contributed by atoms with Gasteiger partial charge >= 0.3 is 0 Å². The molecule has 1 aromatic carbocycles. The SMILES string of the molecule is Oc1c(F)cccc1C1CCN1. The van der Waals surface area contributed by atoms with Gasteiger partial charge in [0.2, 0.25) is 0 Å². The Morgan fingerprint density at radius 1 is 1.50 bits per heavy atom. The van der Waals surface area contributed by atoms with Gasteiger partial charge in [-0.3, -0.25) is 0 Å². The highest BCUT2D eigenvalue weighted by molar-refractivity contribution is 5.36. The molecule has 0 aliphatic carbocycles. The zero-order valence-corrected chi connectivity index (χ0v) is 6.55. The Bertz CT molecular complexity index is 297. The van der Waals surface area contributed by atoms with Crippen molar-refractivity contribution in [1.82, 2.24) is 5.32 Å². The van der Waals surface area contributed by atoms with Gasteiger partial charge in [0.05, 0.1) is 0 Å². The first-order chi connectivity index (χ1) is 5.79. The highest BCUT2D eigenvalue weighted by Gasteiger charge is 2.22. The van der Waals surface area contributed by atoms with E-state index in [1.54, 1.807) is 12.1 Å². The van der Waals surface area contributed by atoms with Crippen LogP contribution >= 0.6 is 0 Å². The number of halogens is 1. The van der Waals surface area contributed by atoms with E-state index in [-0.39, 0.29) is 11.8 Å². The van der Waals surface area contributed by atoms with Crippen LogP contribution in [0.4, 0.5) is 4.39 Å². The molecule has 1 fully saturated rings. The van der Waals surface area contributed by atoms with Crippen LogP contribution in [0.25, 0.3) is 0 Å². The molecule has 1 atom stereocenters. The minimum atomic E-state index is -0.541. The minimum Gasteiger partial charge on any atom is -0.505 e. The van der Waals surface area contributed by atoms with E-state index in [4.69, 9.17) is 0 Å². The number of benzene rings is 1. The van der Waals surface area contributed by atoms with E-state index >= 15 is 0 Å². The zero-order chi connectivity index (χ0) is 8.55. The predicted molar refractivity (Wildman–Crippen MR) is 43.4 cm³/mol. The summed E-state index contributed by atoms with van der Waals surface area (Å²) < 4.78 is 12.8. The van der Waals surface area contributed by atoms with Crippen molar-refractivity contribution >= 4 is 0 Å². The van der Waals surface area contributed by atoms with Gasteiger partial charge in [-0.05, 0) is 19.0 Å². The largest absolute Gasteiger partial charge is 0.505 e. The molecule has 1 aliphatic heterocycles.